The third-order valence-corrected chi connectivity index (χ3v) is 11.6. The molecule has 380 valence electrons. The van der Waals surface area contributed by atoms with E-state index >= 15 is 0 Å². The number of imidazole rings is 2. The number of thiocarbonyl (C=S) groups is 1. The van der Waals surface area contributed by atoms with Crippen LogP contribution in [0.25, 0.3) is 55.7 Å². The number of anilines is 3. The molecule has 0 saturated heterocycles. The van der Waals surface area contributed by atoms with Gasteiger partial charge in [-0.15, -0.1) is 0 Å². The molecule has 22 nitrogen and oxygen atoms in total. The molecule has 1 aliphatic heterocycles. The molecule has 0 bridgehead atoms. The van der Waals surface area contributed by atoms with Crippen molar-refractivity contribution in [3.63, 3.8) is 0 Å². The molecule has 0 saturated carbocycles. The van der Waals surface area contributed by atoms with Crippen molar-refractivity contribution in [1.29, 1.82) is 0 Å². The van der Waals surface area contributed by atoms with Crippen molar-refractivity contribution in [1.82, 2.24) is 49.3 Å². The summed E-state index contributed by atoms with van der Waals surface area (Å²) in [5.74, 6) is -0.298. The van der Waals surface area contributed by atoms with Crippen molar-refractivity contribution in [3.8, 4) is 40.2 Å². The molecule has 0 atom stereocenters. The Kier molecular flexibility index (Phi) is 17.3. The Morgan fingerprint density at radius 3 is 2.00 bits per heavy atom. The van der Waals surface area contributed by atoms with E-state index in [1.54, 1.807) is 38.5 Å². The normalized spacial score (nSPS) is 11.4. The van der Waals surface area contributed by atoms with Gasteiger partial charge in [-0.25, -0.2) is 24.7 Å². The average Bonchev–Trinajstić information content (AvgIpc) is 3.89. The van der Waals surface area contributed by atoms with Gasteiger partial charge in [-0.2, -0.15) is 9.97 Å². The maximum Gasteiger partial charge on any atom is 0.336 e. The maximum absolute atomic E-state index is 12.7. The number of ether oxygens (including phenoxy) is 4. The molecule has 72 heavy (non-hydrogen) atoms. The molecular weight excluding hydrogens is 947 g/mol. The fraction of sp³-hybridized carbons (Fsp3) is 0.367. The third-order valence-electron chi connectivity index (χ3n) is 11.3. The van der Waals surface area contributed by atoms with Crippen molar-refractivity contribution in [2.75, 3.05) is 70.5 Å². The van der Waals surface area contributed by atoms with Gasteiger partial charge in [-0.1, -0.05) is 19.9 Å². The number of phenolic OH excluding ortho intramolecular Hbond substituents is 1. The molecule has 0 spiro atoms. The molecule has 23 heteroatoms. The standard InChI is InChI=1S/C35H35N7O7S.C14H24N6O2/c1-19(2)41(11-4-12-42-32-30(31(36)37-18-38-32)40-34(42)48-14-13-47-3)35(50)39-20-5-8-23(26(15-20)33(45)46)29-24-9-6-21(43)16-27(24)49-28-17-22(44)7-10-25(28)29;1-10(2)16-5-4-6-20-13-11(12(15)17-9-18-13)19-14(20)22-8-7-21-3/h5-10,15-19,43H,4,11-14H2,1-3H3,(H,39,50)(H,45,46)(H2,36,37,38);9-10,16H,4-8H2,1-3H3,(H2,15,17,18). The largest absolute Gasteiger partial charge is 0.508 e. The summed E-state index contributed by atoms with van der Waals surface area (Å²) < 4.78 is 31.4. The molecule has 6 aromatic rings. The van der Waals surface area contributed by atoms with Crippen LogP contribution in [0, 0.1) is 0 Å². The molecule has 0 unspecified atom stereocenters. The molecule has 8 N–H and O–H groups in total. The number of nitrogen functional groups attached to an aromatic ring is 2. The van der Waals surface area contributed by atoms with E-state index in [0.717, 1.165) is 19.5 Å². The van der Waals surface area contributed by atoms with Crippen molar-refractivity contribution in [2.45, 2.75) is 65.7 Å². The van der Waals surface area contributed by atoms with Crippen LogP contribution in [-0.4, -0.2) is 131 Å². The molecule has 5 heterocycles. The lowest BCUT2D eigenvalue weighted by molar-refractivity contribution is 0.0697. The Morgan fingerprint density at radius 1 is 0.806 bits per heavy atom. The first-order valence-electron chi connectivity index (χ1n) is 23.2. The van der Waals surface area contributed by atoms with E-state index in [2.05, 4.69) is 54.4 Å². The van der Waals surface area contributed by atoms with E-state index in [4.69, 9.17) is 47.0 Å². The molecule has 0 radical (unpaired) electrons. The highest BCUT2D eigenvalue weighted by Crippen LogP contribution is 2.42. The fourth-order valence-corrected chi connectivity index (χ4v) is 8.33. The van der Waals surface area contributed by atoms with Crippen LogP contribution >= 0.6 is 12.2 Å². The number of aromatic nitrogens is 8. The van der Waals surface area contributed by atoms with Gasteiger partial charge < -0.3 is 60.6 Å². The number of aromatic carboxylic acids is 1. The van der Waals surface area contributed by atoms with Crippen LogP contribution in [0.2, 0.25) is 0 Å². The van der Waals surface area contributed by atoms with Gasteiger partial charge in [0, 0.05) is 80.3 Å². The predicted octanol–water partition coefficient (Wildman–Crippen LogP) is 6.04. The first-order chi connectivity index (χ1) is 34.7. The zero-order valence-electron chi connectivity index (χ0n) is 40.9. The number of hydrogen-bond acceptors (Lipinski definition) is 18. The molecule has 8 rings (SSSR count). The van der Waals surface area contributed by atoms with Gasteiger partial charge in [0.2, 0.25) is 0 Å². The zero-order chi connectivity index (χ0) is 51.5. The van der Waals surface area contributed by atoms with Gasteiger partial charge in [0.15, 0.2) is 44.5 Å². The minimum absolute atomic E-state index is 0.0104. The number of benzene rings is 3. The second kappa shape index (κ2) is 23.9. The topological polar surface area (TPSA) is 291 Å². The van der Waals surface area contributed by atoms with Gasteiger partial charge in [0.1, 0.15) is 43.0 Å². The number of aryl methyl sites for hydroxylation is 2. The molecular formula is C49H59N13O9S. The first kappa shape index (κ1) is 52.1. The van der Waals surface area contributed by atoms with E-state index in [9.17, 15) is 19.8 Å². The van der Waals surface area contributed by atoms with Crippen LogP contribution < -0.4 is 37.0 Å². The molecule has 0 amide bonds. The Balaban J connectivity index is 0.000000289. The van der Waals surface area contributed by atoms with E-state index in [1.165, 1.54) is 43.0 Å². The number of nitrogens with one attached hydrogen (secondary N) is 2. The number of hydrogen-bond donors (Lipinski definition) is 6. The maximum atomic E-state index is 12.7. The quantitative estimate of drug-likeness (QED) is 0.0272. The number of carbonyl (C=O) groups is 1. The molecule has 1 aliphatic carbocycles. The molecule has 2 aliphatic rings. The number of aromatic hydroxyl groups is 1. The van der Waals surface area contributed by atoms with Crippen molar-refractivity contribution in [2.24, 2.45) is 0 Å². The van der Waals surface area contributed by atoms with Crippen LogP contribution in [0.1, 0.15) is 50.9 Å². The zero-order valence-corrected chi connectivity index (χ0v) is 41.7. The predicted molar refractivity (Wildman–Crippen MR) is 278 cm³/mol. The van der Waals surface area contributed by atoms with Crippen LogP contribution in [0.5, 0.6) is 17.8 Å². The summed E-state index contributed by atoms with van der Waals surface area (Å²) in [5.41, 5.74) is 16.3. The summed E-state index contributed by atoms with van der Waals surface area (Å²) in [4.78, 5) is 52.5. The number of carboxylic acids is 1. The van der Waals surface area contributed by atoms with Crippen LogP contribution in [0.15, 0.2) is 76.5 Å². The van der Waals surface area contributed by atoms with Gasteiger partial charge >= 0.3 is 5.97 Å². The van der Waals surface area contributed by atoms with Gasteiger partial charge in [-0.05, 0) is 87.4 Å². The lowest BCUT2D eigenvalue weighted by Crippen LogP contribution is -2.40. The Bertz CT molecular complexity index is 3190. The Labute approximate surface area is 419 Å². The number of phenols is 1. The van der Waals surface area contributed by atoms with Crippen molar-refractivity contribution >= 4 is 73.9 Å². The molecule has 4 aromatic heterocycles. The average molecular weight is 1010 g/mol. The Hall–Kier alpha value is -7.73. The highest BCUT2D eigenvalue weighted by molar-refractivity contribution is 7.80. The van der Waals surface area contributed by atoms with E-state index in [-0.39, 0.29) is 34.4 Å². The fourth-order valence-electron chi connectivity index (χ4n) is 7.91. The smallest absolute Gasteiger partial charge is 0.336 e. The summed E-state index contributed by atoms with van der Waals surface area (Å²) in [6.45, 7) is 12.6. The first-order valence-corrected chi connectivity index (χ1v) is 23.6. The minimum Gasteiger partial charge on any atom is -0.508 e. The summed E-state index contributed by atoms with van der Waals surface area (Å²) in [6.07, 6.45) is 4.40. The van der Waals surface area contributed by atoms with E-state index in [1.807, 2.05) is 27.9 Å². The number of carboxylic acid groups (broad SMARTS) is 1. The van der Waals surface area contributed by atoms with E-state index in [0.29, 0.717) is 131 Å². The summed E-state index contributed by atoms with van der Waals surface area (Å²) in [7, 11) is 3.22. The van der Waals surface area contributed by atoms with Gasteiger partial charge in [-0.3, -0.25) is 13.9 Å². The van der Waals surface area contributed by atoms with Crippen LogP contribution in [0.4, 0.5) is 17.3 Å². The minimum atomic E-state index is -1.16. The summed E-state index contributed by atoms with van der Waals surface area (Å²) >= 11 is 5.83. The second-order valence-corrected chi connectivity index (χ2v) is 17.4. The van der Waals surface area contributed by atoms with Gasteiger partial charge in [0.05, 0.1) is 18.8 Å². The summed E-state index contributed by atoms with van der Waals surface area (Å²) in [5, 5.41) is 28.1. The molecule has 0 fully saturated rings. The Morgan fingerprint density at radius 2 is 1.42 bits per heavy atom. The van der Waals surface area contributed by atoms with E-state index < -0.39 is 5.97 Å². The number of nitrogens with zero attached hydrogens (tertiary/aromatic N) is 9. The van der Waals surface area contributed by atoms with Crippen molar-refractivity contribution in [3.05, 3.63) is 83.0 Å². The van der Waals surface area contributed by atoms with Crippen molar-refractivity contribution < 1.29 is 38.4 Å². The number of methoxy groups -OCH3 is 2. The van der Waals surface area contributed by atoms with Crippen LogP contribution in [-0.2, 0) is 22.6 Å². The lowest BCUT2D eigenvalue weighted by atomic mass is 9.90. The molecule has 2 aromatic carbocycles. The third kappa shape index (κ3) is 12.2. The lowest BCUT2D eigenvalue weighted by Gasteiger charge is -2.30. The second-order valence-electron chi connectivity index (χ2n) is 17.1. The van der Waals surface area contributed by atoms with Crippen LogP contribution in [0.3, 0.4) is 0 Å². The number of rotatable bonds is 21. The SMILES string of the molecule is COCCOc1nc2c(N)ncnc2n1CCCN(C(=S)Nc1ccc(-c2c3ccc(=O)cc-3oc3cc(O)ccc23)c(C(=O)O)c1)C(C)C.COCCOc1nc2c(N)ncnc2n1CCCNC(C)C. The highest BCUT2D eigenvalue weighted by Gasteiger charge is 2.24. The number of fused-ring (bicyclic) bond motifs is 4. The monoisotopic (exact) mass is 1010 g/mol. The summed E-state index contributed by atoms with van der Waals surface area (Å²) in [6, 6.07) is 15.3. The number of nitrogens with two attached hydrogens (primary N) is 2. The van der Waals surface area contributed by atoms with Gasteiger partial charge in [0.25, 0.3) is 12.0 Å². The highest BCUT2D eigenvalue weighted by atomic mass is 32.1.